The first-order valence-electron chi connectivity index (χ1n) is 6.87. The van der Waals surface area contributed by atoms with Gasteiger partial charge in [-0.15, -0.1) is 0 Å². The summed E-state index contributed by atoms with van der Waals surface area (Å²) >= 11 is 11.2. The molecule has 25 heavy (non-hydrogen) atoms. The second-order valence-corrected chi connectivity index (χ2v) is 5.67. The van der Waals surface area contributed by atoms with Crippen LogP contribution in [0.25, 0.3) is 11.4 Å². The van der Waals surface area contributed by atoms with Crippen molar-refractivity contribution in [2.24, 2.45) is 5.10 Å². The highest BCUT2D eigenvalue weighted by Crippen LogP contribution is 2.21. The first-order valence-corrected chi connectivity index (χ1v) is 7.66. The summed E-state index contributed by atoms with van der Waals surface area (Å²) in [7, 11) is 0. The van der Waals surface area contributed by atoms with Crippen molar-refractivity contribution in [3.8, 4) is 11.4 Å². The number of hydrogen-bond donors (Lipinski definition) is 1. The lowest BCUT2D eigenvalue weighted by Gasteiger charge is -2.02. The molecule has 0 aliphatic heterocycles. The van der Waals surface area contributed by atoms with E-state index in [-0.39, 0.29) is 16.3 Å². The van der Waals surface area contributed by atoms with Gasteiger partial charge in [0.2, 0.25) is 4.77 Å². The van der Waals surface area contributed by atoms with Crippen molar-refractivity contribution >= 4 is 35.7 Å². The summed E-state index contributed by atoms with van der Waals surface area (Å²) in [5, 5.41) is 22.0. The second-order valence-electron chi connectivity index (χ2n) is 4.88. The Morgan fingerprint density at radius 3 is 2.72 bits per heavy atom. The Morgan fingerprint density at radius 1 is 1.32 bits per heavy atom. The van der Waals surface area contributed by atoms with E-state index in [1.165, 1.54) is 53.4 Å². The quantitative estimate of drug-likeness (QED) is 0.319. The van der Waals surface area contributed by atoms with Crippen LogP contribution < -0.4 is 0 Å². The molecule has 0 radical (unpaired) electrons. The Labute approximate surface area is 150 Å². The van der Waals surface area contributed by atoms with Gasteiger partial charge in [0, 0.05) is 28.3 Å². The standard InChI is InChI=1S/C15H9ClFN5O2S/c16-13-6-5-12(22(23)24)7-10(13)8-18-21-14(19-20-15(21)25)9-1-3-11(17)4-2-9/h1-8H,(H,20,25)/b18-8+. The molecule has 0 saturated heterocycles. The summed E-state index contributed by atoms with van der Waals surface area (Å²) in [4.78, 5) is 10.3. The third-order valence-electron chi connectivity index (χ3n) is 3.26. The van der Waals surface area contributed by atoms with Crippen LogP contribution in [0.2, 0.25) is 5.02 Å². The molecule has 0 bridgehead atoms. The molecule has 0 atom stereocenters. The van der Waals surface area contributed by atoms with Crippen LogP contribution in [0.3, 0.4) is 0 Å². The zero-order chi connectivity index (χ0) is 18.0. The van der Waals surface area contributed by atoms with Crippen LogP contribution in [0.4, 0.5) is 10.1 Å². The normalized spacial score (nSPS) is 11.1. The number of nitro groups is 1. The molecular weight excluding hydrogens is 369 g/mol. The number of nitro benzene ring substituents is 1. The van der Waals surface area contributed by atoms with Crippen molar-refractivity contribution in [3.05, 3.63) is 73.8 Å². The molecule has 3 aromatic rings. The molecule has 0 saturated carbocycles. The maximum Gasteiger partial charge on any atom is 0.270 e. The molecule has 3 rings (SSSR count). The van der Waals surface area contributed by atoms with E-state index in [1.807, 2.05) is 0 Å². The van der Waals surface area contributed by atoms with Gasteiger partial charge < -0.3 is 0 Å². The lowest BCUT2D eigenvalue weighted by molar-refractivity contribution is -0.384. The summed E-state index contributed by atoms with van der Waals surface area (Å²) in [6.07, 6.45) is 1.34. The first-order chi connectivity index (χ1) is 12.0. The number of aromatic nitrogens is 3. The summed E-state index contributed by atoms with van der Waals surface area (Å²) in [5.74, 6) is -0.0147. The van der Waals surface area contributed by atoms with Crippen molar-refractivity contribution in [1.82, 2.24) is 14.9 Å². The van der Waals surface area contributed by atoms with Gasteiger partial charge in [-0.2, -0.15) is 14.9 Å². The number of aromatic amines is 1. The summed E-state index contributed by atoms with van der Waals surface area (Å²) in [6, 6.07) is 9.66. The second kappa shape index (κ2) is 6.91. The van der Waals surface area contributed by atoms with Crippen LogP contribution in [-0.4, -0.2) is 26.0 Å². The maximum atomic E-state index is 13.1. The van der Waals surface area contributed by atoms with Gasteiger partial charge in [0.25, 0.3) is 5.69 Å². The highest BCUT2D eigenvalue weighted by atomic mass is 35.5. The maximum absolute atomic E-state index is 13.1. The molecule has 1 aromatic heterocycles. The van der Waals surface area contributed by atoms with E-state index in [1.54, 1.807) is 0 Å². The third kappa shape index (κ3) is 3.62. The van der Waals surface area contributed by atoms with E-state index >= 15 is 0 Å². The summed E-state index contributed by atoms with van der Waals surface area (Å²) in [6.45, 7) is 0. The van der Waals surface area contributed by atoms with Crippen LogP contribution in [0, 0.1) is 20.7 Å². The fraction of sp³-hybridized carbons (Fsp3) is 0. The Balaban J connectivity index is 2.02. The number of non-ortho nitro benzene ring substituents is 1. The van der Waals surface area contributed by atoms with E-state index in [9.17, 15) is 14.5 Å². The predicted molar refractivity (Wildman–Crippen MR) is 93.9 cm³/mol. The van der Waals surface area contributed by atoms with E-state index < -0.39 is 4.92 Å². The lowest BCUT2D eigenvalue weighted by atomic mass is 10.2. The molecule has 10 heteroatoms. The molecular formula is C15H9ClFN5O2S. The number of nitrogens with zero attached hydrogens (tertiary/aromatic N) is 4. The predicted octanol–water partition coefficient (Wildman–Crippen LogP) is 4.19. The smallest absolute Gasteiger partial charge is 0.258 e. The molecule has 0 aliphatic carbocycles. The number of rotatable bonds is 4. The number of benzene rings is 2. The Morgan fingerprint density at radius 2 is 2.04 bits per heavy atom. The topological polar surface area (TPSA) is 89.1 Å². The van der Waals surface area contributed by atoms with E-state index in [0.717, 1.165) is 0 Å². The minimum absolute atomic E-state index is 0.111. The molecule has 0 unspecified atom stereocenters. The largest absolute Gasteiger partial charge is 0.270 e. The van der Waals surface area contributed by atoms with Gasteiger partial charge in [0.05, 0.1) is 11.1 Å². The minimum Gasteiger partial charge on any atom is -0.258 e. The zero-order valence-electron chi connectivity index (χ0n) is 12.4. The first kappa shape index (κ1) is 16.9. The van der Waals surface area contributed by atoms with Gasteiger partial charge in [-0.1, -0.05) is 11.6 Å². The van der Waals surface area contributed by atoms with Gasteiger partial charge >= 0.3 is 0 Å². The Bertz CT molecular complexity index is 1030. The van der Waals surface area contributed by atoms with E-state index in [2.05, 4.69) is 15.3 Å². The Kier molecular flexibility index (Phi) is 4.68. The average molecular weight is 378 g/mol. The van der Waals surface area contributed by atoms with Gasteiger partial charge in [-0.3, -0.25) is 10.1 Å². The average Bonchev–Trinajstić information content (AvgIpc) is 2.95. The molecule has 0 spiro atoms. The number of H-pyrrole nitrogens is 1. The van der Waals surface area contributed by atoms with Crippen LogP contribution in [-0.2, 0) is 0 Å². The Hall–Kier alpha value is -2.91. The molecule has 0 fully saturated rings. The van der Waals surface area contributed by atoms with Gasteiger partial charge in [-0.05, 0) is 42.5 Å². The minimum atomic E-state index is -0.527. The van der Waals surface area contributed by atoms with Crippen LogP contribution >= 0.6 is 23.8 Å². The van der Waals surface area contributed by atoms with Crippen LogP contribution in [0.1, 0.15) is 5.56 Å². The van der Waals surface area contributed by atoms with Crippen molar-refractivity contribution in [2.75, 3.05) is 0 Å². The van der Waals surface area contributed by atoms with Crippen molar-refractivity contribution in [2.45, 2.75) is 0 Å². The molecule has 1 N–H and O–H groups in total. The summed E-state index contributed by atoms with van der Waals surface area (Å²) < 4.78 is 14.6. The third-order valence-corrected chi connectivity index (χ3v) is 3.86. The highest BCUT2D eigenvalue weighted by Gasteiger charge is 2.10. The SMILES string of the molecule is O=[N+]([O-])c1ccc(Cl)c(/C=N/n2c(-c3ccc(F)cc3)n[nH]c2=S)c1. The van der Waals surface area contributed by atoms with Gasteiger partial charge in [0.15, 0.2) is 5.82 Å². The molecule has 1 heterocycles. The number of halogens is 2. The van der Waals surface area contributed by atoms with Crippen molar-refractivity contribution in [3.63, 3.8) is 0 Å². The van der Waals surface area contributed by atoms with Crippen LogP contribution in [0.5, 0.6) is 0 Å². The van der Waals surface area contributed by atoms with Crippen molar-refractivity contribution < 1.29 is 9.31 Å². The van der Waals surface area contributed by atoms with E-state index in [4.69, 9.17) is 23.8 Å². The molecule has 7 nitrogen and oxygen atoms in total. The number of nitrogens with one attached hydrogen (secondary N) is 1. The van der Waals surface area contributed by atoms with Gasteiger partial charge in [-0.25, -0.2) is 9.49 Å². The fourth-order valence-electron chi connectivity index (χ4n) is 2.05. The lowest BCUT2D eigenvalue weighted by Crippen LogP contribution is -1.96. The zero-order valence-corrected chi connectivity index (χ0v) is 14.0. The van der Waals surface area contributed by atoms with Crippen LogP contribution in [0.15, 0.2) is 47.6 Å². The molecule has 0 aliphatic rings. The fourth-order valence-corrected chi connectivity index (χ4v) is 2.39. The molecule has 0 amide bonds. The van der Waals surface area contributed by atoms with Crippen molar-refractivity contribution in [1.29, 1.82) is 0 Å². The monoisotopic (exact) mass is 377 g/mol. The highest BCUT2D eigenvalue weighted by molar-refractivity contribution is 7.71. The van der Waals surface area contributed by atoms with E-state index in [0.29, 0.717) is 22.0 Å². The molecule has 126 valence electrons. The van der Waals surface area contributed by atoms with Gasteiger partial charge in [0.1, 0.15) is 5.82 Å². The number of hydrogen-bond acceptors (Lipinski definition) is 5. The summed E-state index contributed by atoms with van der Waals surface area (Å²) in [5.41, 5.74) is 0.834. The molecule has 2 aromatic carbocycles.